The molecule has 88 valence electrons. The maximum Gasteiger partial charge on any atom is 0.251 e. The van der Waals surface area contributed by atoms with Crippen LogP contribution in [-0.4, -0.2) is 15.9 Å². The average molecular weight is 249 g/mol. The van der Waals surface area contributed by atoms with Gasteiger partial charge in [0.1, 0.15) is 0 Å². The molecule has 2 rings (SSSR count). The number of aromatic amines is 1. The van der Waals surface area contributed by atoms with Crippen LogP contribution in [0.5, 0.6) is 0 Å². The number of aryl methyl sites for hydroxylation is 1. The lowest BCUT2D eigenvalue weighted by molar-refractivity contribution is 0.0950. The highest BCUT2D eigenvalue weighted by Gasteiger charge is 2.06. The van der Waals surface area contributed by atoms with Gasteiger partial charge < -0.3 is 10.3 Å². The van der Waals surface area contributed by atoms with Crippen molar-refractivity contribution < 1.29 is 4.79 Å². The van der Waals surface area contributed by atoms with E-state index in [0.29, 0.717) is 12.1 Å². The van der Waals surface area contributed by atoms with Crippen molar-refractivity contribution in [2.45, 2.75) is 13.5 Å². The Bertz CT molecular complexity index is 588. The number of nitrogens with zero attached hydrogens (tertiary/aromatic N) is 1. The van der Waals surface area contributed by atoms with Crippen molar-refractivity contribution >= 4 is 17.2 Å². The number of aromatic nitrogens is 2. The molecule has 17 heavy (non-hydrogen) atoms. The first-order chi connectivity index (χ1) is 8.15. The van der Waals surface area contributed by atoms with Crippen LogP contribution in [-0.2, 0) is 6.54 Å². The Morgan fingerprint density at radius 1 is 1.59 bits per heavy atom. The third-order valence-electron chi connectivity index (χ3n) is 2.13. The molecule has 0 saturated carbocycles. The second-order valence-electron chi connectivity index (χ2n) is 3.48. The fourth-order valence-corrected chi connectivity index (χ4v) is 1.96. The normalized spacial score (nSPS) is 10.2. The van der Waals surface area contributed by atoms with E-state index in [-0.39, 0.29) is 11.5 Å². The second-order valence-corrected chi connectivity index (χ2v) is 4.54. The van der Waals surface area contributed by atoms with Crippen molar-refractivity contribution in [3.05, 3.63) is 50.3 Å². The van der Waals surface area contributed by atoms with Crippen LogP contribution in [0.3, 0.4) is 0 Å². The lowest BCUT2D eigenvalue weighted by Crippen LogP contribution is -2.24. The maximum atomic E-state index is 11.7. The summed E-state index contributed by atoms with van der Waals surface area (Å²) < 4.78 is 0. The molecular formula is C11H11N3O2S. The molecule has 0 aromatic carbocycles. The van der Waals surface area contributed by atoms with Gasteiger partial charge in [0.2, 0.25) is 5.56 Å². The number of hydrogen-bond donors (Lipinski definition) is 2. The summed E-state index contributed by atoms with van der Waals surface area (Å²) in [7, 11) is 0. The largest absolute Gasteiger partial charge is 0.346 e. The summed E-state index contributed by atoms with van der Waals surface area (Å²) in [6, 6.07) is 2.82. The lowest BCUT2D eigenvalue weighted by Gasteiger charge is -2.02. The Morgan fingerprint density at radius 3 is 3.06 bits per heavy atom. The van der Waals surface area contributed by atoms with Gasteiger partial charge in [-0.05, 0) is 13.0 Å². The zero-order valence-corrected chi connectivity index (χ0v) is 10.0. The number of carbonyl (C=O) groups is 1. The van der Waals surface area contributed by atoms with E-state index in [1.807, 2.05) is 12.3 Å². The Balaban J connectivity index is 2.00. The molecule has 0 aliphatic rings. The minimum atomic E-state index is -0.290. The molecule has 1 amide bonds. The molecule has 2 N–H and O–H groups in total. The summed E-state index contributed by atoms with van der Waals surface area (Å²) in [5, 5.41) is 5.57. The molecule has 2 aromatic heterocycles. The molecule has 0 radical (unpaired) electrons. The number of hydrogen-bond acceptors (Lipinski definition) is 4. The van der Waals surface area contributed by atoms with E-state index >= 15 is 0 Å². The lowest BCUT2D eigenvalue weighted by atomic mass is 10.2. The van der Waals surface area contributed by atoms with E-state index in [0.717, 1.165) is 10.7 Å². The van der Waals surface area contributed by atoms with Gasteiger partial charge in [-0.15, -0.1) is 11.3 Å². The van der Waals surface area contributed by atoms with Crippen molar-refractivity contribution in [1.29, 1.82) is 0 Å². The van der Waals surface area contributed by atoms with Crippen molar-refractivity contribution in [2.75, 3.05) is 0 Å². The SMILES string of the molecule is Cc1nc(CNC(=O)c2cc[nH]c(=O)c2)cs1. The van der Waals surface area contributed by atoms with Gasteiger partial charge >= 0.3 is 0 Å². The van der Waals surface area contributed by atoms with Gasteiger partial charge in [-0.2, -0.15) is 0 Å². The van der Waals surface area contributed by atoms with Gasteiger partial charge in [-0.1, -0.05) is 0 Å². The molecule has 0 aliphatic heterocycles. The van der Waals surface area contributed by atoms with Crippen LogP contribution >= 0.6 is 11.3 Å². The Hall–Kier alpha value is -1.95. The van der Waals surface area contributed by atoms with Crippen LogP contribution in [0.2, 0.25) is 0 Å². The highest BCUT2D eigenvalue weighted by Crippen LogP contribution is 2.07. The smallest absolute Gasteiger partial charge is 0.251 e. The number of thiazole rings is 1. The summed E-state index contributed by atoms with van der Waals surface area (Å²) in [4.78, 5) is 29.4. The minimum Gasteiger partial charge on any atom is -0.346 e. The fraction of sp³-hybridized carbons (Fsp3) is 0.182. The van der Waals surface area contributed by atoms with Crippen LogP contribution in [0.1, 0.15) is 21.1 Å². The second kappa shape index (κ2) is 4.92. The number of H-pyrrole nitrogens is 1. The highest BCUT2D eigenvalue weighted by molar-refractivity contribution is 7.09. The molecular weight excluding hydrogens is 238 g/mol. The van der Waals surface area contributed by atoms with Gasteiger partial charge in [0.15, 0.2) is 0 Å². The van der Waals surface area contributed by atoms with E-state index in [4.69, 9.17) is 0 Å². The summed E-state index contributed by atoms with van der Waals surface area (Å²) in [6.45, 7) is 2.28. The third kappa shape index (κ3) is 3.01. The zero-order valence-electron chi connectivity index (χ0n) is 9.19. The number of amides is 1. The molecule has 0 fully saturated rings. The maximum absolute atomic E-state index is 11.7. The van der Waals surface area contributed by atoms with E-state index in [9.17, 15) is 9.59 Å². The predicted octanol–water partition coefficient (Wildman–Crippen LogP) is 1.07. The molecule has 0 spiro atoms. The first kappa shape index (κ1) is 11.5. The first-order valence-corrected chi connectivity index (χ1v) is 5.91. The van der Waals surface area contributed by atoms with Crippen molar-refractivity contribution in [1.82, 2.24) is 15.3 Å². The summed E-state index contributed by atoms with van der Waals surface area (Å²) in [6.07, 6.45) is 1.45. The molecule has 0 bridgehead atoms. The van der Waals surface area contributed by atoms with E-state index in [2.05, 4.69) is 15.3 Å². The van der Waals surface area contributed by atoms with Gasteiger partial charge in [0.05, 0.1) is 17.2 Å². The Kier molecular flexibility index (Phi) is 3.34. The molecule has 5 nitrogen and oxygen atoms in total. The van der Waals surface area contributed by atoms with Crippen LogP contribution in [0.15, 0.2) is 28.5 Å². The molecule has 6 heteroatoms. The van der Waals surface area contributed by atoms with E-state index in [1.54, 1.807) is 6.07 Å². The quantitative estimate of drug-likeness (QED) is 0.854. The standard InChI is InChI=1S/C11H11N3O2S/c1-7-14-9(6-17-7)5-13-11(16)8-2-3-12-10(15)4-8/h2-4,6H,5H2,1H3,(H,12,15)(H,13,16). The summed E-state index contributed by atoms with van der Waals surface area (Å²) >= 11 is 1.54. The summed E-state index contributed by atoms with van der Waals surface area (Å²) in [5.74, 6) is -0.276. The minimum absolute atomic E-state index is 0.276. The van der Waals surface area contributed by atoms with Crippen LogP contribution < -0.4 is 10.9 Å². The number of carbonyl (C=O) groups excluding carboxylic acids is 1. The van der Waals surface area contributed by atoms with Gasteiger partial charge in [-0.3, -0.25) is 9.59 Å². The topological polar surface area (TPSA) is 74.8 Å². The van der Waals surface area contributed by atoms with Crippen molar-refractivity contribution in [3.63, 3.8) is 0 Å². The monoisotopic (exact) mass is 249 g/mol. The molecule has 2 heterocycles. The molecule has 0 saturated heterocycles. The molecule has 0 atom stereocenters. The van der Waals surface area contributed by atoms with Gasteiger partial charge in [0, 0.05) is 23.2 Å². The third-order valence-corrected chi connectivity index (χ3v) is 2.96. The van der Waals surface area contributed by atoms with E-state index < -0.39 is 0 Å². The summed E-state index contributed by atoms with van der Waals surface area (Å²) in [5.41, 5.74) is 0.883. The zero-order chi connectivity index (χ0) is 12.3. The van der Waals surface area contributed by atoms with Crippen molar-refractivity contribution in [3.8, 4) is 0 Å². The van der Waals surface area contributed by atoms with Crippen LogP contribution in [0, 0.1) is 6.92 Å². The van der Waals surface area contributed by atoms with Crippen molar-refractivity contribution in [2.24, 2.45) is 0 Å². The predicted molar refractivity (Wildman–Crippen MR) is 65.1 cm³/mol. The molecule has 0 unspecified atom stereocenters. The Morgan fingerprint density at radius 2 is 2.41 bits per heavy atom. The number of nitrogens with one attached hydrogen (secondary N) is 2. The van der Waals surface area contributed by atoms with Crippen LogP contribution in [0.4, 0.5) is 0 Å². The number of rotatable bonds is 3. The Labute approximate surface area is 102 Å². The van der Waals surface area contributed by atoms with Gasteiger partial charge in [0.25, 0.3) is 5.91 Å². The number of pyridine rings is 1. The fourth-order valence-electron chi connectivity index (χ4n) is 1.35. The first-order valence-electron chi connectivity index (χ1n) is 5.03. The highest BCUT2D eigenvalue weighted by atomic mass is 32.1. The average Bonchev–Trinajstić information content (AvgIpc) is 2.72. The van der Waals surface area contributed by atoms with Gasteiger partial charge in [-0.25, -0.2) is 4.98 Å². The molecule has 0 aliphatic carbocycles. The van der Waals surface area contributed by atoms with E-state index in [1.165, 1.54) is 23.6 Å². The van der Waals surface area contributed by atoms with Crippen LogP contribution in [0.25, 0.3) is 0 Å². The molecule has 2 aromatic rings.